The van der Waals surface area contributed by atoms with Gasteiger partial charge in [-0.25, -0.2) is 9.59 Å². The van der Waals surface area contributed by atoms with Crippen molar-refractivity contribution in [2.45, 2.75) is 96.2 Å². The number of hydrogen-bond donors (Lipinski definition) is 0. The fraction of sp³-hybridized carbons (Fsp3) is 0.607. The fourth-order valence-corrected chi connectivity index (χ4v) is 11.4. The lowest BCUT2D eigenvalue weighted by molar-refractivity contribution is -0.153. The molecule has 198 valence electrons. The molecule has 1 fully saturated rings. The van der Waals surface area contributed by atoms with E-state index in [1.807, 2.05) is 0 Å². The van der Waals surface area contributed by atoms with Crippen molar-refractivity contribution in [2.75, 3.05) is 6.61 Å². The van der Waals surface area contributed by atoms with Crippen molar-refractivity contribution < 1.29 is 33.0 Å². The van der Waals surface area contributed by atoms with E-state index in [2.05, 4.69) is 54.7 Å². The first kappa shape index (κ1) is 28.1. The smallest absolute Gasteiger partial charge is 0.334 e. The molecule has 0 aromatic carbocycles. The van der Waals surface area contributed by atoms with Gasteiger partial charge in [-0.05, 0) is 36.5 Å². The maximum atomic E-state index is 13.1. The van der Waals surface area contributed by atoms with Crippen LogP contribution in [-0.4, -0.2) is 50.5 Å². The maximum absolute atomic E-state index is 13.1. The van der Waals surface area contributed by atoms with Crippen LogP contribution in [0.3, 0.4) is 0 Å². The van der Waals surface area contributed by atoms with Gasteiger partial charge in [-0.1, -0.05) is 54.7 Å². The maximum Gasteiger partial charge on any atom is 0.334 e. The van der Waals surface area contributed by atoms with Crippen LogP contribution in [0.15, 0.2) is 47.8 Å². The third-order valence-electron chi connectivity index (χ3n) is 7.85. The van der Waals surface area contributed by atoms with Gasteiger partial charge in [0.05, 0.1) is 12.5 Å². The van der Waals surface area contributed by atoms with Gasteiger partial charge >= 0.3 is 11.9 Å². The largest absolute Gasteiger partial charge is 0.479 e. The minimum absolute atomic E-state index is 0.0479. The number of carbonyl (C=O) groups is 3. The first-order valence-electron chi connectivity index (χ1n) is 12.7. The highest BCUT2D eigenvalue weighted by Crippen LogP contribution is 2.45. The number of ether oxygens (including phenoxy) is 3. The lowest BCUT2D eigenvalue weighted by Gasteiger charge is -2.42. The zero-order valence-corrected chi connectivity index (χ0v) is 23.8. The molecule has 0 N–H and O–H groups in total. The number of hydrogen-bond acceptors (Lipinski definition) is 7. The first-order chi connectivity index (χ1) is 16.6. The summed E-state index contributed by atoms with van der Waals surface area (Å²) in [5, 5.41) is 0. The van der Waals surface area contributed by atoms with E-state index in [0.29, 0.717) is 28.0 Å². The number of carbonyl (C=O) groups excluding carboxylic acids is 3. The molecule has 3 rings (SSSR count). The predicted octanol–water partition coefficient (Wildman–Crippen LogP) is 5.34. The Morgan fingerprint density at radius 1 is 1.17 bits per heavy atom. The Morgan fingerprint density at radius 2 is 1.75 bits per heavy atom. The molecule has 0 amide bonds. The monoisotopic (exact) mass is 516 g/mol. The van der Waals surface area contributed by atoms with Crippen molar-refractivity contribution >= 4 is 26.0 Å². The quantitative estimate of drug-likeness (QED) is 0.245. The molecule has 0 aromatic heterocycles. The second kappa shape index (κ2) is 10.1. The lowest BCUT2D eigenvalue weighted by Crippen LogP contribution is -2.48. The number of ketones is 1. The Balaban J connectivity index is 2.07. The highest BCUT2D eigenvalue weighted by molar-refractivity contribution is 6.77. The summed E-state index contributed by atoms with van der Waals surface area (Å²) in [5.41, 5.74) is 0.891. The predicted molar refractivity (Wildman–Crippen MR) is 139 cm³/mol. The first-order valence-corrected chi connectivity index (χ1v) is 14.8. The summed E-state index contributed by atoms with van der Waals surface area (Å²) in [7, 11) is -2.24. The van der Waals surface area contributed by atoms with Crippen LogP contribution in [0, 0.1) is 5.92 Å². The molecule has 3 aliphatic heterocycles. The Labute approximate surface area is 215 Å². The Kier molecular flexibility index (Phi) is 7.91. The van der Waals surface area contributed by atoms with Crippen LogP contribution in [0.4, 0.5) is 0 Å². The van der Waals surface area contributed by atoms with Crippen LogP contribution in [0.25, 0.3) is 0 Å². The topological polar surface area (TPSA) is 88.1 Å². The van der Waals surface area contributed by atoms with Gasteiger partial charge in [-0.15, -0.1) is 0 Å². The van der Waals surface area contributed by atoms with Crippen molar-refractivity contribution in [3.8, 4) is 0 Å². The normalized spacial score (nSPS) is 29.6. The molecule has 0 radical (unpaired) electrons. The molecule has 0 aliphatic carbocycles. The third kappa shape index (κ3) is 4.90. The van der Waals surface area contributed by atoms with E-state index in [0.717, 1.165) is 0 Å². The van der Waals surface area contributed by atoms with Crippen molar-refractivity contribution in [1.29, 1.82) is 0 Å². The van der Waals surface area contributed by atoms with Gasteiger partial charge in [0, 0.05) is 29.2 Å². The molecule has 3 aliphatic rings. The third-order valence-corrected chi connectivity index (χ3v) is 13.9. The summed E-state index contributed by atoms with van der Waals surface area (Å²) in [4.78, 5) is 38.2. The second-order valence-corrected chi connectivity index (χ2v) is 16.8. The number of esters is 2. The number of rotatable bonds is 8. The molecule has 3 heterocycles. The van der Waals surface area contributed by atoms with Crippen LogP contribution in [-0.2, 0) is 33.0 Å². The summed E-state index contributed by atoms with van der Waals surface area (Å²) in [5.74, 6) is -1.64. The van der Waals surface area contributed by atoms with Crippen LogP contribution < -0.4 is 0 Å². The molecule has 0 aromatic rings. The molecule has 4 atom stereocenters. The molecular formula is C28H40O7Si. The van der Waals surface area contributed by atoms with E-state index in [-0.39, 0.29) is 30.0 Å². The number of fused-ring (bicyclic) bond motifs is 3. The Bertz CT molecular complexity index is 1010. The van der Waals surface area contributed by atoms with Gasteiger partial charge in [-0.2, -0.15) is 0 Å². The summed E-state index contributed by atoms with van der Waals surface area (Å²) in [6, 6.07) is 0. The Morgan fingerprint density at radius 3 is 2.28 bits per heavy atom. The van der Waals surface area contributed by atoms with E-state index >= 15 is 0 Å². The van der Waals surface area contributed by atoms with E-state index in [1.54, 1.807) is 19.9 Å². The summed E-state index contributed by atoms with van der Waals surface area (Å²) in [6.45, 7) is 24.2. The van der Waals surface area contributed by atoms with E-state index in [4.69, 9.17) is 18.6 Å². The molecule has 1 saturated heterocycles. The molecule has 36 heavy (non-hydrogen) atoms. The van der Waals surface area contributed by atoms with Gasteiger partial charge in [0.15, 0.2) is 5.60 Å². The zero-order valence-electron chi connectivity index (χ0n) is 22.8. The van der Waals surface area contributed by atoms with Crippen molar-refractivity contribution in [2.24, 2.45) is 5.92 Å². The average Bonchev–Trinajstić information content (AvgIpc) is 3.21. The lowest BCUT2D eigenvalue weighted by atomic mass is 9.82. The molecule has 7 nitrogen and oxygen atoms in total. The van der Waals surface area contributed by atoms with Crippen LogP contribution in [0.1, 0.15) is 61.8 Å². The van der Waals surface area contributed by atoms with Crippen LogP contribution in [0.5, 0.6) is 0 Å². The molecule has 0 unspecified atom stereocenters. The van der Waals surface area contributed by atoms with Gasteiger partial charge in [0.1, 0.15) is 18.0 Å². The molecule has 0 spiro atoms. The van der Waals surface area contributed by atoms with E-state index < -0.39 is 44.0 Å². The standard InChI is InChI=1S/C28H40O7Si/c1-15(2)26(30)34-23-13-28(10)24(29)12-21(35-28)20(11-22-25(23)19(9)27(31)33-22)14-32-36(16(3)4,17(5)6)18(7)8/h11-12,16-18,22-23,25H,1,9,13-14H2,2-8,10H3/b20-11-/t22-,23+,25+,28-/m1/s1. The minimum Gasteiger partial charge on any atom is -0.479 e. The summed E-state index contributed by atoms with van der Waals surface area (Å²) < 4.78 is 24.5. The van der Waals surface area contributed by atoms with Gasteiger partial charge in [-0.3, -0.25) is 4.79 Å². The van der Waals surface area contributed by atoms with Crippen molar-refractivity contribution in [3.05, 3.63) is 47.8 Å². The van der Waals surface area contributed by atoms with E-state index in [1.165, 1.54) is 6.08 Å². The molecule has 2 bridgehead atoms. The highest BCUT2D eigenvalue weighted by Gasteiger charge is 2.53. The second-order valence-electron chi connectivity index (χ2n) is 11.4. The zero-order chi connectivity index (χ0) is 27.2. The average molecular weight is 517 g/mol. The molecular weight excluding hydrogens is 476 g/mol. The van der Waals surface area contributed by atoms with Crippen molar-refractivity contribution in [3.63, 3.8) is 0 Å². The van der Waals surface area contributed by atoms with Crippen LogP contribution in [0.2, 0.25) is 16.6 Å². The van der Waals surface area contributed by atoms with Gasteiger partial charge < -0.3 is 18.6 Å². The minimum atomic E-state index is -2.24. The highest BCUT2D eigenvalue weighted by atomic mass is 28.4. The van der Waals surface area contributed by atoms with Crippen molar-refractivity contribution in [1.82, 2.24) is 0 Å². The fourth-order valence-electron chi connectivity index (χ4n) is 6.04. The van der Waals surface area contributed by atoms with Gasteiger partial charge in [0.25, 0.3) is 0 Å². The van der Waals surface area contributed by atoms with Crippen LogP contribution >= 0.6 is 0 Å². The Hall–Kier alpha value is -2.45. The molecule has 0 saturated carbocycles. The summed E-state index contributed by atoms with van der Waals surface area (Å²) >= 11 is 0. The SMILES string of the molecule is C=C(C)C(=O)O[C@H]1C[C@@]2(C)OC(=CC2=O)/C(CO[Si](C(C)C)(C(C)C)C(C)C)=C\[C@H]2OC(=O)C(=C)[C@H]12. The van der Waals surface area contributed by atoms with E-state index in [9.17, 15) is 14.4 Å². The molecule has 8 heteroatoms. The summed E-state index contributed by atoms with van der Waals surface area (Å²) in [6.07, 6.45) is 1.70. The van der Waals surface area contributed by atoms with Gasteiger partial charge in [0.2, 0.25) is 14.1 Å².